The molecule has 5 nitrogen and oxygen atoms in total. The Morgan fingerprint density at radius 2 is 2.00 bits per heavy atom. The highest BCUT2D eigenvalue weighted by atomic mass is 35.5. The second kappa shape index (κ2) is 6.45. The summed E-state index contributed by atoms with van der Waals surface area (Å²) in [4.78, 5) is 25.4. The smallest absolute Gasteiger partial charge is 0.251 e. The molecule has 0 unspecified atom stereocenters. The van der Waals surface area contributed by atoms with E-state index in [1.165, 1.54) is 27.8 Å². The van der Waals surface area contributed by atoms with Crippen LogP contribution in [0.5, 0.6) is 0 Å². The Morgan fingerprint density at radius 1 is 1.29 bits per heavy atom. The number of pyridine rings is 1. The lowest BCUT2D eigenvalue weighted by atomic mass is 10.2. The summed E-state index contributed by atoms with van der Waals surface area (Å²) < 4.78 is 1.29. The summed E-state index contributed by atoms with van der Waals surface area (Å²) in [7, 11) is 1.67. The molecular weight excluding hydrogens is 290 g/mol. The third-order valence-electron chi connectivity index (χ3n) is 3.10. The van der Waals surface area contributed by atoms with Crippen LogP contribution in [0.1, 0.15) is 5.56 Å². The Balaban J connectivity index is 2.08. The fourth-order valence-electron chi connectivity index (χ4n) is 1.91. The van der Waals surface area contributed by atoms with E-state index in [4.69, 9.17) is 17.3 Å². The first-order valence-corrected chi connectivity index (χ1v) is 6.78. The molecule has 2 N–H and O–H groups in total. The molecule has 1 aromatic heterocycles. The van der Waals surface area contributed by atoms with Crippen LogP contribution in [0.4, 0.5) is 5.69 Å². The van der Waals surface area contributed by atoms with Crippen LogP contribution < -0.4 is 11.3 Å². The summed E-state index contributed by atoms with van der Waals surface area (Å²) in [6, 6.07) is 10.2. The molecule has 1 heterocycles. The van der Waals surface area contributed by atoms with Gasteiger partial charge in [-0.05, 0) is 17.7 Å². The van der Waals surface area contributed by atoms with Crippen LogP contribution in [0.2, 0.25) is 5.02 Å². The van der Waals surface area contributed by atoms with E-state index in [0.29, 0.717) is 17.3 Å². The van der Waals surface area contributed by atoms with E-state index in [-0.39, 0.29) is 18.0 Å². The number of carbonyl (C=O) groups excluding carboxylic acids is 1. The molecule has 21 heavy (non-hydrogen) atoms. The lowest BCUT2D eigenvalue weighted by molar-refractivity contribution is -0.131. The molecule has 6 heteroatoms. The number of likely N-dealkylation sites (N-methyl/N-ethyl adjacent to an activating group) is 1. The topological polar surface area (TPSA) is 68.3 Å². The second-order valence-corrected chi connectivity index (χ2v) is 5.18. The van der Waals surface area contributed by atoms with Crippen LogP contribution in [-0.4, -0.2) is 22.4 Å². The normalized spacial score (nSPS) is 10.4. The molecule has 2 aromatic rings. The number of hydrogen-bond donors (Lipinski definition) is 1. The molecule has 0 bridgehead atoms. The van der Waals surface area contributed by atoms with Crippen LogP contribution in [0.15, 0.2) is 47.4 Å². The number of nitrogen functional groups attached to an aromatic ring is 1. The number of carbonyl (C=O) groups is 1. The van der Waals surface area contributed by atoms with Gasteiger partial charge in [-0.3, -0.25) is 9.59 Å². The second-order valence-electron chi connectivity index (χ2n) is 4.77. The van der Waals surface area contributed by atoms with Crippen molar-refractivity contribution in [2.75, 3.05) is 12.8 Å². The summed E-state index contributed by atoms with van der Waals surface area (Å²) in [5.41, 5.74) is 6.66. The predicted octanol–water partition coefficient (Wildman–Crippen LogP) is 1.74. The average Bonchev–Trinajstić information content (AvgIpc) is 2.45. The van der Waals surface area contributed by atoms with Gasteiger partial charge in [0.15, 0.2) is 0 Å². The third kappa shape index (κ3) is 3.86. The van der Waals surface area contributed by atoms with Crippen LogP contribution in [0, 0.1) is 0 Å². The van der Waals surface area contributed by atoms with Gasteiger partial charge in [-0.25, -0.2) is 0 Å². The molecule has 0 radical (unpaired) electrons. The van der Waals surface area contributed by atoms with Crippen molar-refractivity contribution >= 4 is 23.2 Å². The Kier molecular flexibility index (Phi) is 4.65. The number of aromatic nitrogens is 1. The van der Waals surface area contributed by atoms with Gasteiger partial charge in [0, 0.05) is 36.6 Å². The van der Waals surface area contributed by atoms with E-state index in [1.54, 1.807) is 13.1 Å². The summed E-state index contributed by atoms with van der Waals surface area (Å²) in [6.07, 6.45) is 1.46. The summed E-state index contributed by atoms with van der Waals surface area (Å²) in [5, 5.41) is 0.610. The number of halogens is 1. The highest BCUT2D eigenvalue weighted by Crippen LogP contribution is 2.16. The lowest BCUT2D eigenvalue weighted by Gasteiger charge is -2.18. The maximum absolute atomic E-state index is 12.2. The molecule has 0 aliphatic rings. The maximum Gasteiger partial charge on any atom is 0.251 e. The zero-order chi connectivity index (χ0) is 15.4. The fourth-order valence-corrected chi connectivity index (χ4v) is 2.11. The van der Waals surface area contributed by atoms with E-state index >= 15 is 0 Å². The van der Waals surface area contributed by atoms with Crippen molar-refractivity contribution in [1.82, 2.24) is 9.47 Å². The predicted molar refractivity (Wildman–Crippen MR) is 83.0 cm³/mol. The SMILES string of the molecule is CN(Cc1ccccc1Cl)C(=O)Cn1cc(N)ccc1=O. The molecule has 0 aliphatic carbocycles. The van der Waals surface area contributed by atoms with Gasteiger partial charge in [-0.1, -0.05) is 29.8 Å². The molecule has 2 rings (SSSR count). The van der Waals surface area contributed by atoms with E-state index in [0.717, 1.165) is 5.56 Å². The lowest BCUT2D eigenvalue weighted by Crippen LogP contribution is -2.33. The molecule has 1 aromatic carbocycles. The van der Waals surface area contributed by atoms with Gasteiger partial charge in [-0.2, -0.15) is 0 Å². The van der Waals surface area contributed by atoms with E-state index in [9.17, 15) is 9.59 Å². The molecule has 0 fully saturated rings. The van der Waals surface area contributed by atoms with Gasteiger partial charge in [0.25, 0.3) is 5.56 Å². The first-order valence-electron chi connectivity index (χ1n) is 6.40. The number of hydrogen-bond acceptors (Lipinski definition) is 3. The van der Waals surface area contributed by atoms with E-state index < -0.39 is 0 Å². The standard InChI is InChI=1S/C15H16ClN3O2/c1-18(8-11-4-2-3-5-13(11)16)15(21)10-19-9-12(17)6-7-14(19)20/h2-7,9H,8,10,17H2,1H3. The zero-order valence-electron chi connectivity index (χ0n) is 11.6. The Hall–Kier alpha value is -2.27. The third-order valence-corrected chi connectivity index (χ3v) is 3.47. The van der Waals surface area contributed by atoms with Crippen LogP contribution in [-0.2, 0) is 17.9 Å². The number of rotatable bonds is 4. The quantitative estimate of drug-likeness (QED) is 0.935. The number of amides is 1. The Morgan fingerprint density at radius 3 is 2.71 bits per heavy atom. The van der Waals surface area contributed by atoms with Crippen molar-refractivity contribution in [1.29, 1.82) is 0 Å². The van der Waals surface area contributed by atoms with Crippen molar-refractivity contribution in [3.05, 3.63) is 63.5 Å². The largest absolute Gasteiger partial charge is 0.398 e. The van der Waals surface area contributed by atoms with Crippen LogP contribution >= 0.6 is 11.6 Å². The van der Waals surface area contributed by atoms with Gasteiger partial charge in [0.1, 0.15) is 6.54 Å². The van der Waals surface area contributed by atoms with Gasteiger partial charge < -0.3 is 15.2 Å². The highest BCUT2D eigenvalue weighted by Gasteiger charge is 2.12. The monoisotopic (exact) mass is 305 g/mol. The molecule has 0 spiro atoms. The minimum atomic E-state index is -0.260. The van der Waals surface area contributed by atoms with Gasteiger partial charge in [0.2, 0.25) is 5.91 Å². The average molecular weight is 306 g/mol. The number of benzene rings is 1. The molecule has 110 valence electrons. The van der Waals surface area contributed by atoms with Gasteiger partial charge >= 0.3 is 0 Å². The fraction of sp³-hybridized carbons (Fsp3) is 0.200. The minimum absolute atomic E-state index is 0.0508. The molecule has 0 saturated carbocycles. The first-order chi connectivity index (χ1) is 9.97. The Bertz CT molecular complexity index is 712. The Labute approximate surface area is 127 Å². The van der Waals surface area contributed by atoms with Crippen LogP contribution in [0.25, 0.3) is 0 Å². The van der Waals surface area contributed by atoms with Crippen LogP contribution in [0.3, 0.4) is 0 Å². The molecule has 0 aliphatic heterocycles. The number of anilines is 1. The number of nitrogens with zero attached hydrogens (tertiary/aromatic N) is 2. The molecule has 0 saturated heterocycles. The van der Waals surface area contributed by atoms with Crippen molar-refractivity contribution < 1.29 is 4.79 Å². The zero-order valence-corrected chi connectivity index (χ0v) is 12.4. The summed E-state index contributed by atoms with van der Waals surface area (Å²) >= 11 is 6.07. The first kappa shape index (κ1) is 15.1. The summed E-state index contributed by atoms with van der Waals surface area (Å²) in [5.74, 6) is -0.192. The van der Waals surface area contributed by atoms with Crippen molar-refractivity contribution in [3.63, 3.8) is 0 Å². The molecular formula is C15H16ClN3O2. The number of nitrogens with two attached hydrogens (primary N) is 1. The van der Waals surface area contributed by atoms with Crippen molar-refractivity contribution in [2.24, 2.45) is 0 Å². The highest BCUT2D eigenvalue weighted by molar-refractivity contribution is 6.31. The maximum atomic E-state index is 12.2. The van der Waals surface area contributed by atoms with Crippen molar-refractivity contribution in [2.45, 2.75) is 13.1 Å². The summed E-state index contributed by atoms with van der Waals surface area (Å²) in [6.45, 7) is 0.334. The van der Waals surface area contributed by atoms with E-state index in [1.807, 2.05) is 18.2 Å². The molecule has 1 amide bonds. The van der Waals surface area contributed by atoms with Crippen molar-refractivity contribution in [3.8, 4) is 0 Å². The van der Waals surface area contributed by atoms with Gasteiger partial charge in [-0.15, -0.1) is 0 Å². The minimum Gasteiger partial charge on any atom is -0.398 e. The van der Waals surface area contributed by atoms with E-state index in [2.05, 4.69) is 0 Å². The van der Waals surface area contributed by atoms with Gasteiger partial charge in [0.05, 0.1) is 0 Å². The molecule has 0 atom stereocenters.